The summed E-state index contributed by atoms with van der Waals surface area (Å²) in [4.78, 5) is 36.8. The van der Waals surface area contributed by atoms with Gasteiger partial charge in [-0.15, -0.1) is 0 Å². The fraction of sp³-hybridized carbons (Fsp3) is 0.222. The first-order chi connectivity index (χ1) is 16.5. The lowest BCUT2D eigenvalue weighted by molar-refractivity contribution is -0.142. The first kappa shape index (κ1) is 24.5. The van der Waals surface area contributed by atoms with Crippen LogP contribution < -0.4 is 10.6 Å². The number of hydrogen-bond donors (Lipinski definition) is 3. The lowest BCUT2D eigenvalue weighted by atomic mass is 9.90. The smallest absolute Gasteiger partial charge is 0.407 e. The highest BCUT2D eigenvalue weighted by Gasteiger charge is 2.27. The molecule has 3 aromatic rings. The SMILES string of the molecule is O=C(NCCC[C@H](NC(=O)C(c1ccccc1)c1ccccc1)C(=O)O)OCc1ccccc1. The molecule has 3 rings (SSSR count). The molecule has 3 aromatic carbocycles. The normalized spacial score (nSPS) is 11.4. The molecule has 0 spiro atoms. The molecule has 0 aliphatic heterocycles. The molecule has 7 heteroatoms. The molecule has 1 atom stereocenters. The quantitative estimate of drug-likeness (QED) is 0.374. The predicted octanol–water partition coefficient (Wildman–Crippen LogP) is 4.09. The van der Waals surface area contributed by atoms with Crippen molar-refractivity contribution in [2.75, 3.05) is 6.54 Å². The summed E-state index contributed by atoms with van der Waals surface area (Å²) in [7, 11) is 0. The molecule has 0 heterocycles. The number of carbonyl (C=O) groups is 3. The number of amides is 2. The molecule has 0 saturated carbocycles. The van der Waals surface area contributed by atoms with Crippen LogP contribution in [0.15, 0.2) is 91.0 Å². The Balaban J connectivity index is 1.52. The first-order valence-corrected chi connectivity index (χ1v) is 11.1. The van der Waals surface area contributed by atoms with Crippen LogP contribution in [0.2, 0.25) is 0 Å². The van der Waals surface area contributed by atoms with Crippen molar-refractivity contribution in [1.82, 2.24) is 10.6 Å². The van der Waals surface area contributed by atoms with E-state index in [1.54, 1.807) is 0 Å². The van der Waals surface area contributed by atoms with Crippen LogP contribution in [0.25, 0.3) is 0 Å². The molecule has 0 saturated heterocycles. The second-order valence-electron chi connectivity index (χ2n) is 7.78. The number of alkyl carbamates (subject to hydrolysis) is 1. The van der Waals surface area contributed by atoms with Gasteiger partial charge in [-0.25, -0.2) is 9.59 Å². The summed E-state index contributed by atoms with van der Waals surface area (Å²) < 4.78 is 5.14. The standard InChI is InChI=1S/C27H28N2O5/c30-25(24(21-13-6-2-7-14-21)22-15-8-3-9-16-22)29-23(26(31)32)17-10-18-28-27(33)34-19-20-11-4-1-5-12-20/h1-9,11-16,23-24H,10,17-19H2,(H,28,33)(H,29,30)(H,31,32)/t23-/m0/s1. The van der Waals surface area contributed by atoms with Gasteiger partial charge in [0.25, 0.3) is 0 Å². The third-order valence-corrected chi connectivity index (χ3v) is 5.29. The summed E-state index contributed by atoms with van der Waals surface area (Å²) in [5.74, 6) is -2.14. The topological polar surface area (TPSA) is 105 Å². The van der Waals surface area contributed by atoms with Gasteiger partial charge in [-0.05, 0) is 29.5 Å². The fourth-order valence-corrected chi connectivity index (χ4v) is 3.57. The van der Waals surface area contributed by atoms with Crippen LogP contribution in [0.4, 0.5) is 4.79 Å². The minimum absolute atomic E-state index is 0.154. The number of aliphatic carboxylic acids is 1. The molecule has 34 heavy (non-hydrogen) atoms. The second-order valence-corrected chi connectivity index (χ2v) is 7.78. The summed E-state index contributed by atoms with van der Waals surface area (Å²) in [6.45, 7) is 0.384. The van der Waals surface area contributed by atoms with E-state index >= 15 is 0 Å². The van der Waals surface area contributed by atoms with Gasteiger partial charge in [0.1, 0.15) is 12.6 Å². The number of benzene rings is 3. The van der Waals surface area contributed by atoms with E-state index < -0.39 is 24.0 Å². The molecule has 0 aliphatic carbocycles. The van der Waals surface area contributed by atoms with E-state index in [0.717, 1.165) is 16.7 Å². The maximum Gasteiger partial charge on any atom is 0.407 e. The molecule has 0 aromatic heterocycles. The van der Waals surface area contributed by atoms with Gasteiger partial charge in [0, 0.05) is 6.54 Å². The Morgan fingerprint density at radius 3 is 1.85 bits per heavy atom. The number of carbonyl (C=O) groups excluding carboxylic acids is 2. The van der Waals surface area contributed by atoms with Gasteiger partial charge < -0.3 is 20.5 Å². The summed E-state index contributed by atoms with van der Waals surface area (Å²) in [5.41, 5.74) is 2.43. The number of ether oxygens (including phenoxy) is 1. The Kier molecular flexibility index (Phi) is 9.22. The van der Waals surface area contributed by atoms with Gasteiger partial charge in [0.05, 0.1) is 5.92 Å². The monoisotopic (exact) mass is 460 g/mol. The zero-order chi connectivity index (χ0) is 24.2. The van der Waals surface area contributed by atoms with E-state index in [4.69, 9.17) is 4.74 Å². The van der Waals surface area contributed by atoms with Crippen molar-refractivity contribution in [2.45, 2.75) is 31.4 Å². The number of hydrogen-bond acceptors (Lipinski definition) is 4. The van der Waals surface area contributed by atoms with Crippen molar-refractivity contribution in [3.05, 3.63) is 108 Å². The third kappa shape index (κ3) is 7.48. The van der Waals surface area contributed by atoms with Crippen molar-refractivity contribution in [1.29, 1.82) is 0 Å². The summed E-state index contributed by atoms with van der Waals surface area (Å²) in [6, 6.07) is 26.7. The Morgan fingerprint density at radius 2 is 1.32 bits per heavy atom. The average molecular weight is 461 g/mol. The van der Waals surface area contributed by atoms with Crippen LogP contribution in [-0.4, -0.2) is 35.7 Å². The maximum absolute atomic E-state index is 13.2. The zero-order valence-corrected chi connectivity index (χ0v) is 18.7. The molecular formula is C27H28N2O5. The van der Waals surface area contributed by atoms with Crippen molar-refractivity contribution in [3.63, 3.8) is 0 Å². The van der Waals surface area contributed by atoms with E-state index in [1.807, 2.05) is 91.0 Å². The van der Waals surface area contributed by atoms with E-state index in [0.29, 0.717) is 6.42 Å². The molecule has 0 radical (unpaired) electrons. The van der Waals surface area contributed by atoms with E-state index in [1.165, 1.54) is 0 Å². The van der Waals surface area contributed by atoms with Crippen LogP contribution in [0.5, 0.6) is 0 Å². The largest absolute Gasteiger partial charge is 0.480 e. The predicted molar refractivity (Wildman–Crippen MR) is 128 cm³/mol. The summed E-state index contributed by atoms with van der Waals surface area (Å²) >= 11 is 0. The van der Waals surface area contributed by atoms with Gasteiger partial charge in [-0.3, -0.25) is 4.79 Å². The van der Waals surface area contributed by atoms with Crippen LogP contribution in [0.1, 0.15) is 35.4 Å². The van der Waals surface area contributed by atoms with E-state index in [2.05, 4.69) is 10.6 Å². The number of nitrogens with one attached hydrogen (secondary N) is 2. The average Bonchev–Trinajstić information content (AvgIpc) is 2.86. The molecule has 176 valence electrons. The molecule has 2 amide bonds. The van der Waals surface area contributed by atoms with E-state index in [-0.39, 0.29) is 25.5 Å². The van der Waals surface area contributed by atoms with Crippen LogP contribution in [0.3, 0.4) is 0 Å². The molecule has 0 unspecified atom stereocenters. The maximum atomic E-state index is 13.2. The lowest BCUT2D eigenvalue weighted by Gasteiger charge is -2.21. The Morgan fingerprint density at radius 1 is 0.794 bits per heavy atom. The highest BCUT2D eigenvalue weighted by atomic mass is 16.5. The Hall–Kier alpha value is -4.13. The van der Waals surface area contributed by atoms with Crippen molar-refractivity contribution >= 4 is 18.0 Å². The Bertz CT molecular complexity index is 1020. The van der Waals surface area contributed by atoms with Crippen molar-refractivity contribution < 1.29 is 24.2 Å². The second kappa shape index (κ2) is 12.8. The highest BCUT2D eigenvalue weighted by molar-refractivity contribution is 5.90. The summed E-state index contributed by atoms with van der Waals surface area (Å²) in [5, 5.41) is 14.9. The van der Waals surface area contributed by atoms with Crippen LogP contribution >= 0.6 is 0 Å². The van der Waals surface area contributed by atoms with Gasteiger partial charge in [-0.2, -0.15) is 0 Å². The van der Waals surface area contributed by atoms with Gasteiger partial charge >= 0.3 is 12.1 Å². The first-order valence-electron chi connectivity index (χ1n) is 11.1. The van der Waals surface area contributed by atoms with Crippen LogP contribution in [0, 0.1) is 0 Å². The van der Waals surface area contributed by atoms with Gasteiger partial charge in [-0.1, -0.05) is 91.0 Å². The summed E-state index contributed by atoms with van der Waals surface area (Å²) in [6.07, 6.45) is -0.0528. The molecule has 0 bridgehead atoms. The number of carboxylic acids is 1. The minimum atomic E-state index is -1.13. The molecular weight excluding hydrogens is 432 g/mol. The Labute approximate surface area is 198 Å². The minimum Gasteiger partial charge on any atom is -0.480 e. The van der Waals surface area contributed by atoms with Crippen molar-refractivity contribution in [2.24, 2.45) is 0 Å². The molecule has 3 N–H and O–H groups in total. The number of carboxylic acid groups (broad SMARTS) is 1. The lowest BCUT2D eigenvalue weighted by Crippen LogP contribution is -2.43. The molecule has 0 fully saturated rings. The van der Waals surface area contributed by atoms with Crippen LogP contribution in [-0.2, 0) is 20.9 Å². The van der Waals surface area contributed by atoms with Gasteiger partial charge in [0.2, 0.25) is 5.91 Å². The van der Waals surface area contributed by atoms with Crippen molar-refractivity contribution in [3.8, 4) is 0 Å². The highest BCUT2D eigenvalue weighted by Crippen LogP contribution is 2.25. The fourth-order valence-electron chi connectivity index (χ4n) is 3.57. The molecule has 0 aliphatic rings. The van der Waals surface area contributed by atoms with E-state index in [9.17, 15) is 19.5 Å². The van der Waals surface area contributed by atoms with Gasteiger partial charge in [0.15, 0.2) is 0 Å². The molecule has 7 nitrogen and oxygen atoms in total. The number of rotatable bonds is 11. The zero-order valence-electron chi connectivity index (χ0n) is 18.7. The third-order valence-electron chi connectivity index (χ3n) is 5.29.